The molecule has 0 saturated carbocycles. The van der Waals surface area contributed by atoms with Gasteiger partial charge in [-0.15, -0.1) is 0 Å². The molecule has 4 heteroatoms. The van der Waals surface area contributed by atoms with Crippen molar-refractivity contribution in [2.75, 3.05) is 13.1 Å². The summed E-state index contributed by atoms with van der Waals surface area (Å²) in [6.45, 7) is 4.33. The van der Waals surface area contributed by atoms with Crippen molar-refractivity contribution in [3.8, 4) is 0 Å². The molecule has 0 spiro atoms. The smallest absolute Gasteiger partial charge is 0.251 e. The predicted octanol–water partition coefficient (Wildman–Crippen LogP) is 3.11. The monoisotopic (exact) mass is 336 g/mol. The number of benzene rings is 2. The number of carbonyl (C=O) groups is 1. The molecule has 4 rings (SSSR count). The van der Waals surface area contributed by atoms with Crippen molar-refractivity contribution in [3.63, 3.8) is 0 Å². The van der Waals surface area contributed by atoms with Gasteiger partial charge in [-0.2, -0.15) is 0 Å². The van der Waals surface area contributed by atoms with Crippen LogP contribution in [-0.4, -0.2) is 29.9 Å². The highest BCUT2D eigenvalue weighted by Gasteiger charge is 2.22. The quantitative estimate of drug-likeness (QED) is 0.933. The van der Waals surface area contributed by atoms with E-state index in [9.17, 15) is 4.79 Å². The van der Waals surface area contributed by atoms with E-state index in [1.807, 2.05) is 18.2 Å². The van der Waals surface area contributed by atoms with Crippen molar-refractivity contribution in [2.24, 2.45) is 0 Å². The summed E-state index contributed by atoms with van der Waals surface area (Å²) in [5, 5.41) is 3.20. The zero-order valence-corrected chi connectivity index (χ0v) is 14.4. The van der Waals surface area contributed by atoms with E-state index in [1.165, 1.54) is 11.1 Å². The third-order valence-corrected chi connectivity index (χ3v) is 5.16. The number of fused-ring (bicyclic) bond motifs is 1. The largest absolute Gasteiger partial charge is 0.372 e. The van der Waals surface area contributed by atoms with Gasteiger partial charge >= 0.3 is 0 Å². The maximum Gasteiger partial charge on any atom is 0.251 e. The Bertz CT molecular complexity index is 737. The Morgan fingerprint density at radius 2 is 1.80 bits per heavy atom. The predicted molar refractivity (Wildman–Crippen MR) is 97.1 cm³/mol. The van der Waals surface area contributed by atoms with Crippen LogP contribution < -0.4 is 5.32 Å². The van der Waals surface area contributed by atoms with Gasteiger partial charge in [-0.05, 0) is 41.7 Å². The third-order valence-electron chi connectivity index (χ3n) is 5.16. The van der Waals surface area contributed by atoms with Gasteiger partial charge in [-0.3, -0.25) is 9.69 Å². The molecule has 0 radical (unpaired) electrons. The second-order valence-electron chi connectivity index (χ2n) is 6.99. The number of nitrogens with zero attached hydrogens (tertiary/aromatic N) is 1. The van der Waals surface area contributed by atoms with Crippen LogP contribution >= 0.6 is 0 Å². The minimum absolute atomic E-state index is 0.0382. The lowest BCUT2D eigenvalue weighted by Gasteiger charge is -2.32. The van der Waals surface area contributed by atoms with Crippen LogP contribution in [0.15, 0.2) is 48.5 Å². The Hall–Kier alpha value is -2.17. The molecule has 4 nitrogen and oxygen atoms in total. The van der Waals surface area contributed by atoms with E-state index in [2.05, 4.69) is 40.5 Å². The minimum atomic E-state index is 0.0382. The van der Waals surface area contributed by atoms with E-state index in [-0.39, 0.29) is 11.9 Å². The number of hydrogen-bond donors (Lipinski definition) is 1. The summed E-state index contributed by atoms with van der Waals surface area (Å²) in [5.41, 5.74) is 4.44. The van der Waals surface area contributed by atoms with E-state index in [4.69, 9.17) is 4.74 Å². The second-order valence-corrected chi connectivity index (χ2v) is 6.99. The molecule has 0 aromatic heterocycles. The lowest BCUT2D eigenvalue weighted by molar-refractivity contribution is 0.0908. The zero-order chi connectivity index (χ0) is 17.1. The second kappa shape index (κ2) is 7.38. The first-order valence-corrected chi connectivity index (χ1v) is 9.04. The van der Waals surface area contributed by atoms with Crippen LogP contribution in [-0.2, 0) is 24.5 Å². The Labute approximate surface area is 148 Å². The molecule has 0 atom stereocenters. The van der Waals surface area contributed by atoms with Gasteiger partial charge in [0.05, 0.1) is 13.2 Å². The molecule has 1 N–H and O–H groups in total. The molecule has 25 heavy (non-hydrogen) atoms. The molecule has 130 valence electrons. The summed E-state index contributed by atoms with van der Waals surface area (Å²) in [4.78, 5) is 15.0. The van der Waals surface area contributed by atoms with Crippen molar-refractivity contribution >= 4 is 5.91 Å². The average molecular weight is 336 g/mol. The molecule has 1 amide bonds. The van der Waals surface area contributed by atoms with Gasteiger partial charge in [0, 0.05) is 31.2 Å². The zero-order valence-electron chi connectivity index (χ0n) is 14.4. The van der Waals surface area contributed by atoms with Crippen molar-refractivity contribution in [3.05, 3.63) is 70.8 Å². The van der Waals surface area contributed by atoms with Gasteiger partial charge in [0.2, 0.25) is 0 Å². The van der Waals surface area contributed by atoms with Crippen LogP contribution in [0.5, 0.6) is 0 Å². The maximum absolute atomic E-state index is 12.5. The molecular weight excluding hydrogens is 312 g/mol. The van der Waals surface area contributed by atoms with Gasteiger partial charge in [0.15, 0.2) is 0 Å². The van der Waals surface area contributed by atoms with Gasteiger partial charge in [-0.25, -0.2) is 0 Å². The molecule has 2 heterocycles. The first-order valence-electron chi connectivity index (χ1n) is 9.04. The SMILES string of the molecule is O=C(NC1CCN(Cc2ccccc2)CC1)c1ccc2c(c1)COC2. The highest BCUT2D eigenvalue weighted by atomic mass is 16.5. The molecule has 1 fully saturated rings. The van der Waals surface area contributed by atoms with Crippen LogP contribution in [0, 0.1) is 0 Å². The highest BCUT2D eigenvalue weighted by Crippen LogP contribution is 2.21. The summed E-state index contributed by atoms with van der Waals surface area (Å²) in [5.74, 6) is 0.0382. The van der Waals surface area contributed by atoms with Gasteiger partial charge in [0.25, 0.3) is 5.91 Å². The molecule has 2 aliphatic rings. The fourth-order valence-electron chi connectivity index (χ4n) is 3.66. The molecule has 1 saturated heterocycles. The van der Waals surface area contributed by atoms with Crippen molar-refractivity contribution in [1.82, 2.24) is 10.2 Å². The Morgan fingerprint density at radius 1 is 1.04 bits per heavy atom. The summed E-state index contributed by atoms with van der Waals surface area (Å²) in [6, 6.07) is 16.7. The maximum atomic E-state index is 12.5. The molecule has 2 aromatic rings. The summed E-state index contributed by atoms with van der Waals surface area (Å²) in [6.07, 6.45) is 2.01. The number of likely N-dealkylation sites (tertiary alicyclic amines) is 1. The highest BCUT2D eigenvalue weighted by molar-refractivity contribution is 5.94. The van der Waals surface area contributed by atoms with Crippen molar-refractivity contribution in [2.45, 2.75) is 38.6 Å². The third kappa shape index (κ3) is 3.91. The Morgan fingerprint density at radius 3 is 2.60 bits per heavy atom. The number of piperidine rings is 1. The standard InChI is InChI=1S/C21H24N2O2/c24-21(17-6-7-18-14-25-15-19(18)12-17)22-20-8-10-23(11-9-20)13-16-4-2-1-3-5-16/h1-7,12,20H,8-11,13-15H2,(H,22,24). The number of hydrogen-bond acceptors (Lipinski definition) is 3. The molecule has 0 bridgehead atoms. The average Bonchev–Trinajstić information content (AvgIpc) is 3.12. The summed E-state index contributed by atoms with van der Waals surface area (Å²) >= 11 is 0. The number of ether oxygens (including phenoxy) is 1. The first-order chi connectivity index (χ1) is 12.3. The van der Waals surface area contributed by atoms with Crippen molar-refractivity contribution in [1.29, 1.82) is 0 Å². The number of nitrogens with one attached hydrogen (secondary N) is 1. The number of amides is 1. The molecule has 2 aliphatic heterocycles. The van der Waals surface area contributed by atoms with Gasteiger partial charge < -0.3 is 10.1 Å². The minimum Gasteiger partial charge on any atom is -0.372 e. The van der Waals surface area contributed by atoms with E-state index in [0.717, 1.165) is 43.6 Å². The molecule has 2 aromatic carbocycles. The fourth-order valence-corrected chi connectivity index (χ4v) is 3.66. The Balaban J connectivity index is 1.29. The summed E-state index contributed by atoms with van der Waals surface area (Å²) < 4.78 is 5.42. The van der Waals surface area contributed by atoms with Gasteiger partial charge in [0.1, 0.15) is 0 Å². The van der Waals surface area contributed by atoms with E-state index in [1.54, 1.807) is 0 Å². The fraction of sp³-hybridized carbons (Fsp3) is 0.381. The molecular formula is C21H24N2O2. The van der Waals surface area contributed by atoms with E-state index in [0.29, 0.717) is 13.2 Å². The number of carbonyl (C=O) groups excluding carboxylic acids is 1. The topological polar surface area (TPSA) is 41.6 Å². The van der Waals surface area contributed by atoms with Crippen LogP contribution in [0.3, 0.4) is 0 Å². The van der Waals surface area contributed by atoms with E-state index < -0.39 is 0 Å². The van der Waals surface area contributed by atoms with Gasteiger partial charge in [-0.1, -0.05) is 36.4 Å². The van der Waals surface area contributed by atoms with Crippen LogP contribution in [0.25, 0.3) is 0 Å². The molecule has 0 aliphatic carbocycles. The normalized spacial score (nSPS) is 18.1. The first kappa shape index (κ1) is 16.3. The van der Waals surface area contributed by atoms with Crippen LogP contribution in [0.1, 0.15) is 39.9 Å². The van der Waals surface area contributed by atoms with Crippen molar-refractivity contribution < 1.29 is 9.53 Å². The Kier molecular flexibility index (Phi) is 4.81. The lowest BCUT2D eigenvalue weighted by atomic mass is 10.0. The van der Waals surface area contributed by atoms with Crippen LogP contribution in [0.4, 0.5) is 0 Å². The lowest BCUT2D eigenvalue weighted by Crippen LogP contribution is -2.44. The number of rotatable bonds is 4. The van der Waals surface area contributed by atoms with E-state index >= 15 is 0 Å². The van der Waals surface area contributed by atoms with Crippen LogP contribution in [0.2, 0.25) is 0 Å². The summed E-state index contributed by atoms with van der Waals surface area (Å²) in [7, 11) is 0. The molecule has 0 unspecified atom stereocenters.